The van der Waals surface area contributed by atoms with Crippen LogP contribution in [0.1, 0.15) is 60.5 Å². The van der Waals surface area contributed by atoms with Crippen LogP contribution in [0.3, 0.4) is 0 Å². The van der Waals surface area contributed by atoms with Crippen molar-refractivity contribution in [2.24, 2.45) is 0 Å². The van der Waals surface area contributed by atoms with E-state index in [0.717, 1.165) is 25.2 Å². The van der Waals surface area contributed by atoms with Crippen LogP contribution < -0.4 is 19.1 Å². The monoisotopic (exact) mass is 519 g/mol. The summed E-state index contributed by atoms with van der Waals surface area (Å²) in [5.74, 6) is 0.749. The van der Waals surface area contributed by atoms with Crippen LogP contribution >= 0.6 is 0 Å². The number of rotatable bonds is 11. The van der Waals surface area contributed by atoms with Gasteiger partial charge in [0.1, 0.15) is 16.4 Å². The van der Waals surface area contributed by atoms with Crippen LogP contribution in [0.4, 0.5) is 10.5 Å². The molecule has 0 aliphatic carbocycles. The molecule has 0 radical (unpaired) electrons. The van der Waals surface area contributed by atoms with Crippen molar-refractivity contribution < 1.29 is 22.1 Å². The first-order valence-corrected chi connectivity index (χ1v) is 13.8. The minimum Gasteiger partial charge on any atom is -0.497 e. The van der Waals surface area contributed by atoms with Crippen molar-refractivity contribution in [3.05, 3.63) is 48.0 Å². The van der Waals surface area contributed by atoms with Gasteiger partial charge in [0.15, 0.2) is 0 Å². The zero-order valence-electron chi connectivity index (χ0n) is 22.8. The van der Waals surface area contributed by atoms with Crippen LogP contribution in [0.2, 0.25) is 0 Å². The number of nitrogens with one attached hydrogen (secondary N) is 1. The molecule has 0 saturated heterocycles. The molecule has 0 heterocycles. The molecule has 0 aromatic heterocycles. The predicted molar refractivity (Wildman–Crippen MR) is 144 cm³/mol. The van der Waals surface area contributed by atoms with Gasteiger partial charge in [0, 0.05) is 42.0 Å². The van der Waals surface area contributed by atoms with Crippen molar-refractivity contribution in [3.8, 4) is 11.5 Å². The van der Waals surface area contributed by atoms with Crippen LogP contribution in [0.5, 0.6) is 11.5 Å². The van der Waals surface area contributed by atoms with E-state index >= 15 is 0 Å². The van der Waals surface area contributed by atoms with E-state index in [1.54, 1.807) is 23.1 Å². The Hall–Kier alpha value is -2.94. The van der Waals surface area contributed by atoms with Crippen LogP contribution in [0, 0.1) is 0 Å². The molecule has 1 atom stereocenters. The number of carbonyl (C=O) groups is 1. The highest BCUT2D eigenvalue weighted by Gasteiger charge is 2.26. The Morgan fingerprint density at radius 1 is 1.03 bits per heavy atom. The predicted octanol–water partition coefficient (Wildman–Crippen LogP) is 5.42. The lowest BCUT2D eigenvalue weighted by Gasteiger charge is -2.33. The summed E-state index contributed by atoms with van der Waals surface area (Å²) in [6.45, 7) is 15.5. The highest BCUT2D eigenvalue weighted by molar-refractivity contribution is 7.87. The normalized spacial score (nSPS) is 12.6. The van der Waals surface area contributed by atoms with E-state index in [1.165, 1.54) is 19.2 Å². The summed E-state index contributed by atoms with van der Waals surface area (Å²) in [5.41, 5.74) is 1.04. The number of urea groups is 1. The Kier molecular flexibility index (Phi) is 10.0. The van der Waals surface area contributed by atoms with E-state index in [9.17, 15) is 13.2 Å². The number of hydrogen-bond donors (Lipinski definition) is 1. The van der Waals surface area contributed by atoms with Gasteiger partial charge in [-0.3, -0.25) is 0 Å². The van der Waals surface area contributed by atoms with E-state index in [1.807, 2.05) is 60.6 Å². The average molecular weight is 520 g/mol. The van der Waals surface area contributed by atoms with Gasteiger partial charge in [-0.2, -0.15) is 8.42 Å². The second-order valence-electron chi connectivity index (χ2n) is 9.74. The first-order chi connectivity index (χ1) is 16.8. The van der Waals surface area contributed by atoms with E-state index in [4.69, 9.17) is 8.92 Å². The molecule has 0 spiro atoms. The van der Waals surface area contributed by atoms with Gasteiger partial charge in [0.05, 0.1) is 13.7 Å². The molecule has 8 nitrogen and oxygen atoms in total. The standard InChI is InChI=1S/C27H41N3O5S/c1-9-20(4)30(26(31)28-27(5,6)7)19-21-12-13-22(29(10-2)11-3)18-25(21)35-36(32,33)24-16-14-23(34-8)15-17-24/h12-18,20H,9-11,19H2,1-8H3,(H,28,31)/t20-/m0/s1. The number of amides is 2. The molecule has 2 aromatic rings. The summed E-state index contributed by atoms with van der Waals surface area (Å²) in [6.07, 6.45) is 0.745. The Balaban J connectivity index is 2.52. The molecule has 0 unspecified atom stereocenters. The number of ether oxygens (including phenoxy) is 1. The van der Waals surface area contributed by atoms with Crippen molar-refractivity contribution in [2.75, 3.05) is 25.1 Å². The largest absolute Gasteiger partial charge is 0.497 e. The minimum atomic E-state index is -4.12. The van der Waals surface area contributed by atoms with Crippen LogP contribution in [0.25, 0.3) is 0 Å². The second-order valence-corrected chi connectivity index (χ2v) is 11.3. The molecule has 2 amide bonds. The van der Waals surface area contributed by atoms with Gasteiger partial charge in [0.2, 0.25) is 0 Å². The molecule has 0 fully saturated rings. The molecule has 0 aliphatic heterocycles. The highest BCUT2D eigenvalue weighted by Crippen LogP contribution is 2.31. The van der Waals surface area contributed by atoms with E-state index in [2.05, 4.69) is 10.2 Å². The molecule has 200 valence electrons. The molecule has 0 aliphatic rings. The summed E-state index contributed by atoms with van der Waals surface area (Å²) in [7, 11) is -2.60. The van der Waals surface area contributed by atoms with Crippen LogP contribution in [-0.2, 0) is 16.7 Å². The molecule has 0 bridgehead atoms. The Morgan fingerprint density at radius 2 is 1.64 bits per heavy atom. The SMILES string of the molecule is CC[C@H](C)N(Cc1ccc(N(CC)CC)cc1OS(=O)(=O)c1ccc(OC)cc1)C(=O)NC(C)(C)C. The van der Waals surface area contributed by atoms with E-state index in [0.29, 0.717) is 11.3 Å². The maximum Gasteiger partial charge on any atom is 0.339 e. The summed E-state index contributed by atoms with van der Waals surface area (Å²) in [4.78, 5) is 17.0. The fourth-order valence-electron chi connectivity index (χ4n) is 3.67. The third-order valence-electron chi connectivity index (χ3n) is 5.93. The maximum absolute atomic E-state index is 13.2. The van der Waals surface area contributed by atoms with Gasteiger partial charge in [-0.05, 0) is 78.3 Å². The highest BCUT2D eigenvalue weighted by atomic mass is 32.2. The molecular formula is C27H41N3O5S. The summed E-state index contributed by atoms with van der Waals surface area (Å²) in [5, 5.41) is 3.01. The number of carbonyl (C=O) groups excluding carboxylic acids is 1. The fraction of sp³-hybridized carbons (Fsp3) is 0.519. The number of hydrogen-bond acceptors (Lipinski definition) is 6. The van der Waals surface area contributed by atoms with E-state index < -0.39 is 15.7 Å². The van der Waals surface area contributed by atoms with Crippen molar-refractivity contribution in [3.63, 3.8) is 0 Å². The zero-order valence-corrected chi connectivity index (χ0v) is 23.6. The van der Waals surface area contributed by atoms with Crippen molar-refractivity contribution in [2.45, 2.75) is 77.9 Å². The van der Waals surface area contributed by atoms with Gasteiger partial charge in [-0.1, -0.05) is 13.0 Å². The average Bonchev–Trinajstić information content (AvgIpc) is 2.82. The second kappa shape index (κ2) is 12.3. The number of nitrogens with zero attached hydrogens (tertiary/aromatic N) is 2. The van der Waals surface area contributed by atoms with Gasteiger partial charge in [-0.25, -0.2) is 4.79 Å². The molecule has 1 N–H and O–H groups in total. The molecule has 36 heavy (non-hydrogen) atoms. The van der Waals surface area contributed by atoms with Crippen LogP contribution in [-0.4, -0.2) is 51.1 Å². The quantitative estimate of drug-likeness (QED) is 0.399. The Morgan fingerprint density at radius 3 is 2.14 bits per heavy atom. The topological polar surface area (TPSA) is 88.2 Å². The molecule has 2 rings (SSSR count). The van der Waals surface area contributed by atoms with Gasteiger partial charge >= 0.3 is 16.1 Å². The summed E-state index contributed by atoms with van der Waals surface area (Å²) < 4.78 is 37.3. The van der Waals surface area contributed by atoms with E-state index in [-0.39, 0.29) is 29.3 Å². The van der Waals surface area contributed by atoms with Gasteiger partial charge in [-0.15, -0.1) is 0 Å². The zero-order chi connectivity index (χ0) is 27.1. The minimum absolute atomic E-state index is 0.0201. The summed E-state index contributed by atoms with van der Waals surface area (Å²) >= 11 is 0. The van der Waals surface area contributed by atoms with Crippen molar-refractivity contribution in [1.29, 1.82) is 0 Å². The van der Waals surface area contributed by atoms with Gasteiger partial charge < -0.3 is 24.0 Å². The molecular weight excluding hydrogens is 478 g/mol. The van der Waals surface area contributed by atoms with Crippen LogP contribution in [0.15, 0.2) is 47.4 Å². The first kappa shape index (κ1) is 29.3. The Bertz CT molecular complexity index is 1110. The maximum atomic E-state index is 13.2. The van der Waals surface area contributed by atoms with Gasteiger partial charge in [0.25, 0.3) is 0 Å². The third-order valence-corrected chi connectivity index (χ3v) is 7.18. The lowest BCUT2D eigenvalue weighted by atomic mass is 10.1. The number of methoxy groups -OCH3 is 1. The summed E-state index contributed by atoms with van der Waals surface area (Å²) in [6, 6.07) is 11.3. The fourth-order valence-corrected chi connectivity index (χ4v) is 4.63. The molecule has 2 aromatic carbocycles. The number of benzene rings is 2. The first-order valence-electron chi connectivity index (χ1n) is 12.4. The number of anilines is 1. The Labute approximate surface area is 216 Å². The van der Waals surface area contributed by atoms with Crippen molar-refractivity contribution >= 4 is 21.8 Å². The molecule has 9 heteroatoms. The third kappa shape index (κ3) is 7.78. The smallest absolute Gasteiger partial charge is 0.339 e. The lowest BCUT2D eigenvalue weighted by molar-refractivity contribution is 0.164. The lowest BCUT2D eigenvalue weighted by Crippen LogP contribution is -2.50. The molecule has 0 saturated carbocycles. The van der Waals surface area contributed by atoms with Crippen molar-refractivity contribution in [1.82, 2.24) is 10.2 Å².